The minimum atomic E-state index is -0.579. The summed E-state index contributed by atoms with van der Waals surface area (Å²) in [5.41, 5.74) is 0.196. The molecule has 1 aromatic carbocycles. The van der Waals surface area contributed by atoms with Gasteiger partial charge in [0.2, 0.25) is 0 Å². The van der Waals surface area contributed by atoms with Gasteiger partial charge in [0.05, 0.1) is 16.7 Å². The van der Waals surface area contributed by atoms with Crippen LogP contribution in [0.1, 0.15) is 30.4 Å². The highest BCUT2D eigenvalue weighted by Crippen LogP contribution is 2.48. The lowest BCUT2D eigenvalue weighted by Crippen LogP contribution is -2.21. The van der Waals surface area contributed by atoms with E-state index in [9.17, 15) is 14.5 Å². The Hall–Kier alpha value is -2.51. The maximum atomic E-state index is 14.4. The number of nitro benzene ring substituents is 1. The van der Waals surface area contributed by atoms with Crippen LogP contribution in [0.2, 0.25) is 0 Å². The first kappa shape index (κ1) is 15.0. The van der Waals surface area contributed by atoms with Crippen molar-refractivity contribution >= 4 is 11.4 Å². The van der Waals surface area contributed by atoms with Crippen LogP contribution in [0.15, 0.2) is 18.2 Å². The monoisotopic (exact) mass is 331 g/mol. The molecule has 8 heteroatoms. The van der Waals surface area contributed by atoms with E-state index >= 15 is 0 Å². The van der Waals surface area contributed by atoms with Gasteiger partial charge in [-0.2, -0.15) is 5.10 Å². The fraction of sp³-hybridized carbons (Fsp3) is 0.500. The third-order valence-electron chi connectivity index (χ3n) is 5.04. The number of aryl methyl sites for hydroxylation is 1. The summed E-state index contributed by atoms with van der Waals surface area (Å²) in [6, 6.07) is 3.86. The van der Waals surface area contributed by atoms with Crippen LogP contribution in [0.25, 0.3) is 0 Å². The molecule has 0 unspecified atom stereocenters. The molecular weight excluding hydrogens is 313 g/mol. The van der Waals surface area contributed by atoms with Gasteiger partial charge in [0.15, 0.2) is 5.82 Å². The summed E-state index contributed by atoms with van der Waals surface area (Å²) in [6.45, 7) is 3.23. The van der Waals surface area contributed by atoms with Crippen molar-refractivity contribution in [2.45, 2.75) is 25.7 Å². The van der Waals surface area contributed by atoms with E-state index in [4.69, 9.17) is 0 Å². The maximum absolute atomic E-state index is 14.4. The van der Waals surface area contributed by atoms with Crippen LogP contribution >= 0.6 is 0 Å². The van der Waals surface area contributed by atoms with Gasteiger partial charge in [-0.25, -0.2) is 9.37 Å². The van der Waals surface area contributed by atoms with Crippen molar-refractivity contribution in [3.63, 3.8) is 0 Å². The Balaban J connectivity index is 1.62. The quantitative estimate of drug-likeness (QED) is 0.687. The summed E-state index contributed by atoms with van der Waals surface area (Å²) in [5, 5.41) is 17.9. The van der Waals surface area contributed by atoms with Crippen LogP contribution in [-0.4, -0.2) is 33.2 Å². The summed E-state index contributed by atoms with van der Waals surface area (Å²) >= 11 is 0. The number of hydrogen-bond acceptors (Lipinski definition) is 5. The Bertz CT molecular complexity index is 789. The molecule has 1 saturated heterocycles. The average Bonchev–Trinajstić information content (AvgIpc) is 3.15. The zero-order chi connectivity index (χ0) is 16.8. The third-order valence-corrected chi connectivity index (χ3v) is 5.04. The van der Waals surface area contributed by atoms with Gasteiger partial charge < -0.3 is 4.90 Å². The van der Waals surface area contributed by atoms with Gasteiger partial charge in [-0.15, -0.1) is 0 Å². The fourth-order valence-corrected chi connectivity index (χ4v) is 3.71. The van der Waals surface area contributed by atoms with Crippen molar-refractivity contribution in [3.8, 4) is 0 Å². The summed E-state index contributed by atoms with van der Waals surface area (Å²) in [6.07, 6.45) is 2.40. The largest absolute Gasteiger partial charge is 0.368 e. The normalized spacial score (nSPS) is 23.7. The van der Waals surface area contributed by atoms with Crippen molar-refractivity contribution in [1.29, 1.82) is 0 Å². The molecule has 1 N–H and O–H groups in total. The number of anilines is 1. The van der Waals surface area contributed by atoms with Gasteiger partial charge >= 0.3 is 0 Å². The number of non-ortho nitro benzene ring substituents is 1. The molecule has 0 radical (unpaired) electrons. The Kier molecular flexibility index (Phi) is 3.47. The molecule has 2 fully saturated rings. The Labute approximate surface area is 138 Å². The van der Waals surface area contributed by atoms with Crippen LogP contribution in [-0.2, 0) is 0 Å². The Morgan fingerprint density at radius 1 is 1.38 bits per heavy atom. The molecule has 2 aliphatic rings. The van der Waals surface area contributed by atoms with Gasteiger partial charge in [0, 0.05) is 25.1 Å². The molecule has 1 saturated carbocycles. The highest BCUT2D eigenvalue weighted by molar-refractivity contribution is 5.53. The lowest BCUT2D eigenvalue weighted by atomic mass is 9.91. The predicted octanol–water partition coefficient (Wildman–Crippen LogP) is 2.79. The topological polar surface area (TPSA) is 88.0 Å². The highest BCUT2D eigenvalue weighted by atomic mass is 19.1. The molecule has 2 atom stereocenters. The number of H-pyrrole nitrogens is 1. The van der Waals surface area contributed by atoms with Gasteiger partial charge in [0.25, 0.3) is 5.69 Å². The summed E-state index contributed by atoms with van der Waals surface area (Å²) < 4.78 is 14.4. The first-order valence-electron chi connectivity index (χ1n) is 8.10. The average molecular weight is 331 g/mol. The molecule has 4 rings (SSSR count). The van der Waals surface area contributed by atoms with Crippen molar-refractivity contribution in [3.05, 3.63) is 45.8 Å². The number of halogens is 1. The zero-order valence-electron chi connectivity index (χ0n) is 13.3. The molecule has 24 heavy (non-hydrogen) atoms. The third kappa shape index (κ3) is 2.61. The SMILES string of the molecule is Cc1n[nH]c([C@@H]2CN(c3ccc([N+](=O)[O-])cc3F)C[C@H]2C2CC2)n1. The number of aromatic nitrogens is 3. The lowest BCUT2D eigenvalue weighted by Gasteiger charge is -2.19. The first-order valence-corrected chi connectivity index (χ1v) is 8.10. The molecule has 0 bridgehead atoms. The highest BCUT2D eigenvalue weighted by Gasteiger charge is 2.44. The van der Waals surface area contributed by atoms with Gasteiger partial charge in [-0.05, 0) is 37.7 Å². The van der Waals surface area contributed by atoms with Crippen molar-refractivity contribution in [2.24, 2.45) is 11.8 Å². The molecule has 2 aromatic rings. The van der Waals surface area contributed by atoms with Gasteiger partial charge in [0.1, 0.15) is 11.6 Å². The molecule has 1 aliphatic heterocycles. The van der Waals surface area contributed by atoms with E-state index in [2.05, 4.69) is 15.2 Å². The van der Waals surface area contributed by atoms with E-state index in [1.54, 1.807) is 0 Å². The molecule has 7 nitrogen and oxygen atoms in total. The standard InChI is InChI=1S/C16H18FN5O2/c1-9-18-16(20-19-9)13-8-21(7-12(13)10-2-3-10)15-5-4-11(22(23)24)6-14(15)17/h4-6,10,12-13H,2-3,7-8H2,1H3,(H,18,19,20)/t12-,13+/m0/s1. The van der Waals surface area contributed by atoms with Crippen LogP contribution in [0.3, 0.4) is 0 Å². The molecular formula is C16H18FN5O2. The second-order valence-electron chi connectivity index (χ2n) is 6.67. The van der Waals surface area contributed by atoms with E-state index in [1.165, 1.54) is 25.0 Å². The van der Waals surface area contributed by atoms with Crippen molar-refractivity contribution in [2.75, 3.05) is 18.0 Å². The first-order chi connectivity index (χ1) is 11.5. The molecule has 2 heterocycles. The maximum Gasteiger partial charge on any atom is 0.272 e. The molecule has 0 amide bonds. The minimum absolute atomic E-state index is 0.188. The summed E-state index contributed by atoms with van der Waals surface area (Å²) in [5.74, 6) is 2.26. The second-order valence-corrected chi connectivity index (χ2v) is 6.67. The number of nitro groups is 1. The lowest BCUT2D eigenvalue weighted by molar-refractivity contribution is -0.385. The molecule has 1 aromatic heterocycles. The van der Waals surface area contributed by atoms with E-state index < -0.39 is 10.7 Å². The summed E-state index contributed by atoms with van der Waals surface area (Å²) in [7, 11) is 0. The van der Waals surface area contributed by atoms with Crippen molar-refractivity contribution < 1.29 is 9.31 Å². The van der Waals surface area contributed by atoms with E-state index in [0.717, 1.165) is 18.4 Å². The number of nitrogens with zero attached hydrogens (tertiary/aromatic N) is 4. The van der Waals surface area contributed by atoms with E-state index in [-0.39, 0.29) is 11.6 Å². The predicted molar refractivity (Wildman–Crippen MR) is 85.3 cm³/mol. The molecule has 0 spiro atoms. The number of nitrogens with one attached hydrogen (secondary N) is 1. The van der Waals surface area contributed by atoms with Crippen LogP contribution < -0.4 is 4.90 Å². The molecule has 1 aliphatic carbocycles. The molecule has 126 valence electrons. The van der Waals surface area contributed by atoms with E-state index in [1.807, 2.05) is 11.8 Å². The van der Waals surface area contributed by atoms with Gasteiger partial charge in [-0.1, -0.05) is 0 Å². The Morgan fingerprint density at radius 3 is 2.75 bits per heavy atom. The summed E-state index contributed by atoms with van der Waals surface area (Å²) in [4.78, 5) is 16.6. The van der Waals surface area contributed by atoms with E-state index in [0.29, 0.717) is 29.9 Å². The zero-order valence-corrected chi connectivity index (χ0v) is 13.3. The number of rotatable bonds is 4. The van der Waals surface area contributed by atoms with Crippen molar-refractivity contribution in [1.82, 2.24) is 15.2 Å². The minimum Gasteiger partial charge on any atom is -0.368 e. The number of hydrogen-bond donors (Lipinski definition) is 1. The van der Waals surface area contributed by atoms with Crippen LogP contribution in [0.4, 0.5) is 15.8 Å². The van der Waals surface area contributed by atoms with Crippen LogP contribution in [0.5, 0.6) is 0 Å². The Morgan fingerprint density at radius 2 is 2.17 bits per heavy atom. The van der Waals surface area contributed by atoms with Crippen LogP contribution in [0, 0.1) is 34.7 Å². The number of benzene rings is 1. The second kappa shape index (κ2) is 5.54. The number of aromatic amines is 1. The van der Waals surface area contributed by atoms with Gasteiger partial charge in [-0.3, -0.25) is 15.2 Å². The smallest absolute Gasteiger partial charge is 0.272 e. The fourth-order valence-electron chi connectivity index (χ4n) is 3.71.